The Morgan fingerprint density at radius 1 is 1.60 bits per heavy atom. The van der Waals surface area contributed by atoms with Crippen LogP contribution in [0, 0.1) is 5.92 Å². The van der Waals surface area contributed by atoms with Crippen molar-refractivity contribution in [2.24, 2.45) is 5.92 Å². The van der Waals surface area contributed by atoms with Gasteiger partial charge in [-0.1, -0.05) is 0 Å². The third kappa shape index (κ3) is 1.76. The fourth-order valence-electron chi connectivity index (χ4n) is 2.13. The van der Waals surface area contributed by atoms with Gasteiger partial charge < -0.3 is 4.74 Å². The van der Waals surface area contributed by atoms with Gasteiger partial charge in [-0.2, -0.15) is 5.10 Å². The van der Waals surface area contributed by atoms with Crippen molar-refractivity contribution in [3.05, 3.63) is 17.5 Å². The van der Waals surface area contributed by atoms with Gasteiger partial charge in [0.2, 0.25) is 0 Å². The molecule has 0 saturated heterocycles. The lowest BCUT2D eigenvalue weighted by atomic mass is 10.1. The van der Waals surface area contributed by atoms with Crippen molar-refractivity contribution in [2.45, 2.75) is 33.2 Å². The van der Waals surface area contributed by atoms with Crippen LogP contribution < -0.4 is 0 Å². The number of carbonyl (C=O) groups is 1. The second kappa shape index (κ2) is 4.04. The highest BCUT2D eigenvalue weighted by molar-refractivity contribution is 5.74. The highest BCUT2D eigenvalue weighted by atomic mass is 16.5. The van der Waals surface area contributed by atoms with Gasteiger partial charge in [0.15, 0.2) is 0 Å². The lowest BCUT2D eigenvalue weighted by molar-refractivity contribution is -0.147. The quantitative estimate of drug-likeness (QED) is 0.701. The van der Waals surface area contributed by atoms with Crippen LogP contribution in [0.3, 0.4) is 0 Å². The molecule has 0 saturated carbocycles. The van der Waals surface area contributed by atoms with Gasteiger partial charge in [-0.25, -0.2) is 0 Å². The Kier molecular flexibility index (Phi) is 2.75. The van der Waals surface area contributed by atoms with Crippen molar-refractivity contribution >= 4 is 5.97 Å². The lowest BCUT2D eigenvalue weighted by Gasteiger charge is -2.08. The summed E-state index contributed by atoms with van der Waals surface area (Å²) in [5.74, 6) is -0.0629. The van der Waals surface area contributed by atoms with E-state index in [1.54, 1.807) is 0 Å². The molecule has 2 rings (SSSR count). The Morgan fingerprint density at radius 2 is 2.40 bits per heavy atom. The molecule has 0 N–H and O–H groups in total. The van der Waals surface area contributed by atoms with Crippen LogP contribution in [-0.2, 0) is 28.9 Å². The summed E-state index contributed by atoms with van der Waals surface area (Å²) in [6, 6.07) is 0. The second-order valence-corrected chi connectivity index (χ2v) is 3.79. The molecule has 0 bridgehead atoms. The topological polar surface area (TPSA) is 44.1 Å². The van der Waals surface area contributed by atoms with Gasteiger partial charge in [-0.05, 0) is 25.8 Å². The van der Waals surface area contributed by atoms with Crippen LogP contribution in [-0.4, -0.2) is 22.4 Å². The molecule has 0 fully saturated rings. The molecule has 1 aliphatic rings. The highest BCUT2D eigenvalue weighted by Gasteiger charge is 2.31. The molecule has 4 heteroatoms. The summed E-state index contributed by atoms with van der Waals surface area (Å²) in [7, 11) is 0. The van der Waals surface area contributed by atoms with Crippen LogP contribution in [0.4, 0.5) is 0 Å². The van der Waals surface area contributed by atoms with Crippen LogP contribution in [0.25, 0.3) is 0 Å². The van der Waals surface area contributed by atoms with E-state index < -0.39 is 0 Å². The summed E-state index contributed by atoms with van der Waals surface area (Å²) in [4.78, 5) is 11.6. The maximum atomic E-state index is 11.6. The smallest absolute Gasteiger partial charge is 0.309 e. The molecule has 82 valence electrons. The minimum atomic E-state index is -0.0728. The van der Waals surface area contributed by atoms with E-state index in [2.05, 4.69) is 12.0 Å². The molecule has 1 heterocycles. The van der Waals surface area contributed by atoms with Gasteiger partial charge in [0.1, 0.15) is 0 Å². The van der Waals surface area contributed by atoms with E-state index >= 15 is 0 Å². The van der Waals surface area contributed by atoms with Gasteiger partial charge in [0.25, 0.3) is 0 Å². The zero-order valence-electron chi connectivity index (χ0n) is 9.19. The van der Waals surface area contributed by atoms with E-state index in [0.29, 0.717) is 6.61 Å². The normalized spacial score (nSPS) is 18.9. The second-order valence-electron chi connectivity index (χ2n) is 3.79. The average molecular weight is 208 g/mol. The van der Waals surface area contributed by atoms with E-state index in [9.17, 15) is 4.79 Å². The number of hydrogen-bond donors (Lipinski definition) is 0. The Bertz CT molecular complexity index is 371. The van der Waals surface area contributed by atoms with Crippen LogP contribution in [0.1, 0.15) is 25.1 Å². The summed E-state index contributed by atoms with van der Waals surface area (Å²) < 4.78 is 7.00. The van der Waals surface area contributed by atoms with Crippen molar-refractivity contribution in [1.82, 2.24) is 9.78 Å². The standard InChI is InChI=1S/C11H16N2O2/c1-3-13-10-6-8(11(14)15-4-2)5-9(10)7-12-13/h7-8H,3-6H2,1-2H3. The number of aromatic nitrogens is 2. The number of carbonyl (C=O) groups excluding carboxylic acids is 1. The van der Waals surface area contributed by atoms with Gasteiger partial charge >= 0.3 is 5.97 Å². The number of ether oxygens (including phenoxy) is 1. The fraction of sp³-hybridized carbons (Fsp3) is 0.636. The number of nitrogens with zero attached hydrogens (tertiary/aromatic N) is 2. The van der Waals surface area contributed by atoms with Crippen LogP contribution in [0.2, 0.25) is 0 Å². The van der Waals surface area contributed by atoms with Crippen molar-refractivity contribution in [3.8, 4) is 0 Å². The number of aryl methyl sites for hydroxylation is 1. The minimum Gasteiger partial charge on any atom is -0.466 e. The van der Waals surface area contributed by atoms with E-state index in [4.69, 9.17) is 4.74 Å². The molecule has 0 aromatic carbocycles. The van der Waals surface area contributed by atoms with Gasteiger partial charge in [-0.15, -0.1) is 0 Å². The Morgan fingerprint density at radius 3 is 3.07 bits per heavy atom. The zero-order chi connectivity index (χ0) is 10.8. The molecule has 4 nitrogen and oxygen atoms in total. The molecular weight excluding hydrogens is 192 g/mol. The third-order valence-corrected chi connectivity index (χ3v) is 2.86. The first-order chi connectivity index (χ1) is 7.26. The molecule has 15 heavy (non-hydrogen) atoms. The van der Waals surface area contributed by atoms with E-state index in [-0.39, 0.29) is 11.9 Å². The summed E-state index contributed by atoms with van der Waals surface area (Å²) in [5, 5.41) is 4.26. The first-order valence-corrected chi connectivity index (χ1v) is 5.46. The SMILES string of the molecule is CCOC(=O)C1Cc2cnn(CC)c2C1. The zero-order valence-corrected chi connectivity index (χ0v) is 9.19. The molecule has 1 aromatic rings. The van der Waals surface area contributed by atoms with Gasteiger partial charge in [-0.3, -0.25) is 9.48 Å². The van der Waals surface area contributed by atoms with Crippen molar-refractivity contribution in [2.75, 3.05) is 6.61 Å². The Labute approximate surface area is 89.2 Å². The molecule has 0 radical (unpaired) electrons. The highest BCUT2D eigenvalue weighted by Crippen LogP contribution is 2.27. The first-order valence-electron chi connectivity index (χ1n) is 5.46. The van der Waals surface area contributed by atoms with E-state index in [1.807, 2.05) is 17.8 Å². The third-order valence-electron chi connectivity index (χ3n) is 2.86. The van der Waals surface area contributed by atoms with Crippen molar-refractivity contribution < 1.29 is 9.53 Å². The van der Waals surface area contributed by atoms with Gasteiger partial charge in [0, 0.05) is 18.7 Å². The summed E-state index contributed by atoms with van der Waals surface area (Å²) in [5.41, 5.74) is 2.41. The van der Waals surface area contributed by atoms with Crippen LogP contribution in [0.5, 0.6) is 0 Å². The van der Waals surface area contributed by atoms with Gasteiger partial charge in [0.05, 0.1) is 18.7 Å². The number of rotatable bonds is 3. The van der Waals surface area contributed by atoms with Crippen molar-refractivity contribution in [1.29, 1.82) is 0 Å². The predicted molar refractivity (Wildman–Crippen MR) is 55.4 cm³/mol. The molecule has 0 aliphatic heterocycles. The maximum Gasteiger partial charge on any atom is 0.309 e. The summed E-state index contributed by atoms with van der Waals surface area (Å²) in [6.07, 6.45) is 3.44. The number of fused-ring (bicyclic) bond motifs is 1. The molecule has 1 aliphatic carbocycles. The first kappa shape index (κ1) is 10.2. The summed E-state index contributed by atoms with van der Waals surface area (Å²) in [6.45, 7) is 5.23. The van der Waals surface area contributed by atoms with E-state index in [1.165, 1.54) is 11.3 Å². The fourth-order valence-corrected chi connectivity index (χ4v) is 2.13. The molecule has 1 atom stereocenters. The minimum absolute atomic E-state index is 0.00995. The van der Waals surface area contributed by atoms with Crippen LogP contribution >= 0.6 is 0 Å². The molecule has 1 aromatic heterocycles. The van der Waals surface area contributed by atoms with Crippen molar-refractivity contribution in [3.63, 3.8) is 0 Å². The average Bonchev–Trinajstić information content (AvgIpc) is 2.76. The Hall–Kier alpha value is -1.32. The molecule has 0 amide bonds. The molecular formula is C11H16N2O2. The Balaban J connectivity index is 2.09. The largest absolute Gasteiger partial charge is 0.466 e. The number of hydrogen-bond acceptors (Lipinski definition) is 3. The number of esters is 1. The lowest BCUT2D eigenvalue weighted by Crippen LogP contribution is -2.19. The molecule has 1 unspecified atom stereocenters. The summed E-state index contributed by atoms with van der Waals surface area (Å²) >= 11 is 0. The maximum absolute atomic E-state index is 11.6. The molecule has 0 spiro atoms. The monoisotopic (exact) mass is 208 g/mol. The predicted octanol–water partition coefficient (Wildman–Crippen LogP) is 1.18. The van der Waals surface area contributed by atoms with E-state index in [0.717, 1.165) is 19.4 Å². The van der Waals surface area contributed by atoms with Crippen LogP contribution in [0.15, 0.2) is 6.20 Å².